The highest BCUT2D eigenvalue weighted by Crippen LogP contribution is 2.25. The summed E-state index contributed by atoms with van der Waals surface area (Å²) in [5, 5.41) is 13.5. The molecule has 0 spiro atoms. The minimum Gasteiger partial charge on any atom is -0.444 e. The second-order valence-corrected chi connectivity index (χ2v) is 8.62. The first-order chi connectivity index (χ1) is 13.5. The fourth-order valence-electron chi connectivity index (χ4n) is 3.60. The van der Waals surface area contributed by atoms with Crippen LogP contribution < -0.4 is 10.5 Å². The van der Waals surface area contributed by atoms with Crippen LogP contribution >= 0.6 is 0 Å². The molecular formula is C20H28N6O3. The molecule has 0 radical (unpaired) electrons. The second-order valence-electron chi connectivity index (χ2n) is 8.62. The topological polar surface area (TPSA) is 95.9 Å². The highest BCUT2D eigenvalue weighted by atomic mass is 16.6. The smallest absolute Gasteiger partial charge is 0.410 e. The van der Waals surface area contributed by atoms with Crippen molar-refractivity contribution < 1.29 is 9.53 Å². The predicted molar refractivity (Wildman–Crippen MR) is 109 cm³/mol. The van der Waals surface area contributed by atoms with Gasteiger partial charge in [-0.1, -0.05) is 0 Å². The normalized spacial score (nSPS) is 20.0. The van der Waals surface area contributed by atoms with Crippen molar-refractivity contribution in [3.63, 3.8) is 0 Å². The molecule has 3 heterocycles. The van der Waals surface area contributed by atoms with Crippen molar-refractivity contribution >= 4 is 17.6 Å². The molecule has 9 nitrogen and oxygen atoms in total. The zero-order valence-electron chi connectivity index (χ0n) is 17.8. The van der Waals surface area contributed by atoms with E-state index in [0.717, 1.165) is 0 Å². The Morgan fingerprint density at radius 1 is 1.28 bits per heavy atom. The SMILES string of the molecule is C[C@@H]1CN(c2cc(=O)n(C)c3cc(CC#N)nn23)[C@@H](C)CN1C(=O)OC(C)(C)C. The van der Waals surface area contributed by atoms with Gasteiger partial charge in [0.15, 0.2) is 0 Å². The molecule has 29 heavy (non-hydrogen) atoms. The number of hydrogen-bond acceptors (Lipinski definition) is 6. The van der Waals surface area contributed by atoms with Crippen molar-refractivity contribution in [3.05, 3.63) is 28.2 Å². The van der Waals surface area contributed by atoms with Gasteiger partial charge in [-0.3, -0.25) is 9.36 Å². The third kappa shape index (κ3) is 4.06. The van der Waals surface area contributed by atoms with Crippen molar-refractivity contribution in [2.24, 2.45) is 7.05 Å². The van der Waals surface area contributed by atoms with Gasteiger partial charge >= 0.3 is 6.09 Å². The Bertz CT molecular complexity index is 1030. The fourth-order valence-corrected chi connectivity index (χ4v) is 3.60. The molecule has 0 saturated carbocycles. The number of fused-ring (bicyclic) bond motifs is 1. The van der Waals surface area contributed by atoms with E-state index in [2.05, 4.69) is 16.1 Å². The number of carbonyl (C=O) groups excluding carboxylic acids is 1. The third-order valence-corrected chi connectivity index (χ3v) is 5.05. The Balaban J connectivity index is 1.95. The van der Waals surface area contributed by atoms with Gasteiger partial charge in [0, 0.05) is 44.4 Å². The number of aryl methyl sites for hydroxylation is 1. The first kappa shape index (κ1) is 20.7. The van der Waals surface area contributed by atoms with Crippen molar-refractivity contribution in [2.45, 2.75) is 58.7 Å². The van der Waals surface area contributed by atoms with Gasteiger partial charge in [-0.2, -0.15) is 10.4 Å². The lowest BCUT2D eigenvalue weighted by molar-refractivity contribution is 0.0129. The van der Waals surface area contributed by atoms with E-state index in [0.29, 0.717) is 30.2 Å². The van der Waals surface area contributed by atoms with Crippen LogP contribution in [-0.4, -0.2) is 55.9 Å². The summed E-state index contributed by atoms with van der Waals surface area (Å²) in [6, 6.07) is 5.27. The molecule has 156 valence electrons. The number of ether oxygens (including phenoxy) is 1. The minimum atomic E-state index is -0.554. The largest absolute Gasteiger partial charge is 0.444 e. The first-order valence-corrected chi connectivity index (χ1v) is 9.73. The van der Waals surface area contributed by atoms with Crippen molar-refractivity contribution in [2.75, 3.05) is 18.0 Å². The molecule has 0 unspecified atom stereocenters. The van der Waals surface area contributed by atoms with Crippen LogP contribution in [0.25, 0.3) is 5.65 Å². The molecular weight excluding hydrogens is 372 g/mol. The van der Waals surface area contributed by atoms with Crippen LogP contribution in [0.15, 0.2) is 16.9 Å². The van der Waals surface area contributed by atoms with Crippen LogP contribution in [0, 0.1) is 11.3 Å². The van der Waals surface area contributed by atoms with E-state index in [9.17, 15) is 9.59 Å². The summed E-state index contributed by atoms with van der Waals surface area (Å²) in [5.74, 6) is 0.662. The Hall–Kier alpha value is -3.02. The summed E-state index contributed by atoms with van der Waals surface area (Å²) in [4.78, 5) is 28.9. The van der Waals surface area contributed by atoms with E-state index < -0.39 is 5.60 Å². The van der Waals surface area contributed by atoms with Crippen LogP contribution in [0.2, 0.25) is 0 Å². The van der Waals surface area contributed by atoms with Crippen molar-refractivity contribution in [1.82, 2.24) is 19.1 Å². The minimum absolute atomic E-state index is 0.0439. The van der Waals surface area contributed by atoms with E-state index in [4.69, 9.17) is 10.00 Å². The number of hydrogen-bond donors (Lipinski definition) is 0. The number of rotatable bonds is 2. The zero-order chi connectivity index (χ0) is 21.5. The number of carbonyl (C=O) groups is 1. The Morgan fingerprint density at radius 3 is 2.59 bits per heavy atom. The maximum Gasteiger partial charge on any atom is 0.410 e. The molecule has 2 aromatic heterocycles. The van der Waals surface area contributed by atoms with Crippen LogP contribution in [0.4, 0.5) is 10.6 Å². The Labute approximate surface area is 170 Å². The molecule has 1 aliphatic rings. The van der Waals surface area contributed by atoms with Crippen molar-refractivity contribution in [1.29, 1.82) is 5.26 Å². The van der Waals surface area contributed by atoms with Crippen molar-refractivity contribution in [3.8, 4) is 6.07 Å². The monoisotopic (exact) mass is 400 g/mol. The predicted octanol–water partition coefficient (Wildman–Crippen LogP) is 1.93. The molecule has 2 atom stereocenters. The van der Waals surface area contributed by atoms with Gasteiger partial charge in [-0.05, 0) is 34.6 Å². The lowest BCUT2D eigenvalue weighted by Gasteiger charge is -2.45. The number of piperazine rings is 1. The maximum atomic E-state index is 12.6. The van der Waals surface area contributed by atoms with E-state index >= 15 is 0 Å². The standard InChI is InChI=1S/C20H28N6O3/c1-13-12-25(19(28)29-20(3,4)5)14(2)11-24(13)17-10-18(27)23(6)16-9-15(7-8-21)22-26(16)17/h9-10,13-14H,7,11-12H2,1-6H3/t13-,14+/m0/s1. The van der Waals surface area contributed by atoms with Gasteiger partial charge in [0.25, 0.3) is 5.56 Å². The number of amides is 1. The molecule has 0 aromatic carbocycles. The first-order valence-electron chi connectivity index (χ1n) is 9.73. The number of aromatic nitrogens is 3. The lowest BCUT2D eigenvalue weighted by atomic mass is 10.1. The molecule has 3 rings (SSSR count). The van der Waals surface area contributed by atoms with Gasteiger partial charge in [0.1, 0.15) is 17.1 Å². The van der Waals surface area contributed by atoms with E-state index in [1.807, 2.05) is 34.6 Å². The summed E-state index contributed by atoms with van der Waals surface area (Å²) in [7, 11) is 1.69. The molecule has 2 aromatic rings. The van der Waals surface area contributed by atoms with Gasteiger partial charge in [-0.15, -0.1) is 0 Å². The number of nitriles is 1. The molecule has 0 bridgehead atoms. The molecule has 1 amide bonds. The summed E-state index contributed by atoms with van der Waals surface area (Å²) in [6.45, 7) is 10.5. The van der Waals surface area contributed by atoms with Crippen LogP contribution in [-0.2, 0) is 18.2 Å². The highest BCUT2D eigenvalue weighted by molar-refractivity contribution is 5.69. The number of nitrogens with zero attached hydrogens (tertiary/aromatic N) is 6. The van der Waals surface area contributed by atoms with Crippen LogP contribution in [0.5, 0.6) is 0 Å². The molecule has 9 heteroatoms. The molecule has 1 fully saturated rings. The summed E-state index contributed by atoms with van der Waals surface area (Å²) >= 11 is 0. The second kappa shape index (κ2) is 7.43. The van der Waals surface area contributed by atoms with Crippen LogP contribution in [0.1, 0.15) is 40.3 Å². The lowest BCUT2D eigenvalue weighted by Crippen LogP contribution is -2.59. The van der Waals surface area contributed by atoms with Gasteiger partial charge in [0.2, 0.25) is 0 Å². The van der Waals surface area contributed by atoms with Gasteiger partial charge in [0.05, 0.1) is 18.2 Å². The summed E-state index contributed by atoms with van der Waals surface area (Å²) < 4.78 is 8.76. The zero-order valence-corrected chi connectivity index (χ0v) is 17.8. The molecule has 0 aliphatic carbocycles. The quantitative estimate of drug-likeness (QED) is 0.764. The van der Waals surface area contributed by atoms with Gasteiger partial charge < -0.3 is 14.5 Å². The van der Waals surface area contributed by atoms with Crippen LogP contribution in [0.3, 0.4) is 0 Å². The Morgan fingerprint density at radius 2 is 1.97 bits per heavy atom. The van der Waals surface area contributed by atoms with E-state index in [-0.39, 0.29) is 30.2 Å². The number of anilines is 1. The molecule has 1 aliphatic heterocycles. The van der Waals surface area contributed by atoms with E-state index in [1.54, 1.807) is 28.6 Å². The Kier molecular flexibility index (Phi) is 5.30. The average molecular weight is 400 g/mol. The third-order valence-electron chi connectivity index (χ3n) is 5.05. The van der Waals surface area contributed by atoms with Gasteiger partial charge in [-0.25, -0.2) is 9.31 Å². The summed E-state index contributed by atoms with van der Waals surface area (Å²) in [5.41, 5.74) is 0.543. The average Bonchev–Trinajstić information content (AvgIpc) is 3.03. The summed E-state index contributed by atoms with van der Waals surface area (Å²) in [6.07, 6.45) is -0.158. The maximum absolute atomic E-state index is 12.6. The highest BCUT2D eigenvalue weighted by Gasteiger charge is 2.35. The fraction of sp³-hybridized carbons (Fsp3) is 0.600. The molecule has 0 N–H and O–H groups in total. The molecule has 1 saturated heterocycles. The van der Waals surface area contributed by atoms with E-state index in [1.165, 1.54) is 4.57 Å².